The van der Waals surface area contributed by atoms with E-state index in [1.807, 2.05) is 20.0 Å². The molecule has 13 atom stereocenters. The third-order valence-corrected chi connectivity index (χ3v) is 18.9. The van der Waals surface area contributed by atoms with Crippen LogP contribution < -0.4 is 4.90 Å². The number of Topliss-reactive ketones (excluding diaryl/α,β-unsaturated/α-hetero) is 2. The van der Waals surface area contributed by atoms with Gasteiger partial charge in [0.1, 0.15) is 23.8 Å². The number of aliphatic imine (C=N–C) groups is 1. The zero-order chi connectivity index (χ0) is 42.3. The summed E-state index contributed by atoms with van der Waals surface area (Å²) in [6.07, 6.45) is 14.5. The van der Waals surface area contributed by atoms with E-state index in [-0.39, 0.29) is 63.9 Å². The lowest BCUT2D eigenvalue weighted by Crippen LogP contribution is -3.11. The number of ketones is 2. The van der Waals surface area contributed by atoms with Gasteiger partial charge in [-0.1, -0.05) is 64.8 Å². The summed E-state index contributed by atoms with van der Waals surface area (Å²) >= 11 is 0. The Morgan fingerprint density at radius 2 is 1.73 bits per heavy atom. The molecule has 0 aromatic heterocycles. The number of aliphatic hydroxyl groups excluding tert-OH is 2. The SMILES string of the molecule is Cc1cc(CC2=C[NH+](C[C@H]3C4=C([C@H](C)C[C@@H](O)[C@@H]5OC5(C)C)C(=O)[C@@H]5CCC[C@]6(CC[C@H]7C(C)(C)C(=O)CC[C@]7(C)[C@@H]6[C@@H]3O)[C@]45C)C3C=CN=C23)cc(C2CCOCC2)c1. The van der Waals surface area contributed by atoms with Crippen LogP contribution in [0, 0.1) is 58.2 Å². The summed E-state index contributed by atoms with van der Waals surface area (Å²) in [5.41, 5.74) is 6.81. The molecule has 1 aromatic carbocycles. The van der Waals surface area contributed by atoms with Crippen LogP contribution in [0.1, 0.15) is 135 Å². The van der Waals surface area contributed by atoms with Gasteiger partial charge in [0.05, 0.1) is 30.3 Å². The Hall–Kier alpha value is -2.75. The van der Waals surface area contributed by atoms with Gasteiger partial charge in [-0.2, -0.15) is 0 Å². The highest BCUT2D eigenvalue weighted by atomic mass is 16.6. The fraction of sp³-hybridized carbons (Fsp3) is 0.712. The maximum atomic E-state index is 15.3. The van der Waals surface area contributed by atoms with Crippen LogP contribution in [-0.4, -0.2) is 77.2 Å². The number of aliphatic hydroxyl groups is 2. The Labute approximate surface area is 358 Å². The number of aryl methyl sites for hydroxylation is 1. The van der Waals surface area contributed by atoms with Crippen molar-refractivity contribution in [3.63, 3.8) is 0 Å². The molecule has 0 amide bonds. The first-order valence-corrected chi connectivity index (χ1v) is 23.8. The molecule has 10 rings (SSSR count). The van der Waals surface area contributed by atoms with E-state index in [4.69, 9.17) is 14.5 Å². The number of nitrogens with one attached hydrogen (secondary N) is 1. The van der Waals surface area contributed by atoms with Gasteiger partial charge in [0.15, 0.2) is 11.8 Å². The molecular formula is C52H71N2O6+. The van der Waals surface area contributed by atoms with Crippen LogP contribution in [0.25, 0.3) is 0 Å². The maximum absolute atomic E-state index is 15.3. The Balaban J connectivity index is 1.07. The first kappa shape index (κ1) is 41.3. The Bertz CT molecular complexity index is 2110. The van der Waals surface area contributed by atoms with Crippen molar-refractivity contribution in [2.24, 2.45) is 56.2 Å². The van der Waals surface area contributed by atoms with Gasteiger partial charge in [-0.25, -0.2) is 0 Å². The average Bonchev–Trinajstić information content (AvgIpc) is 3.45. The lowest BCUT2D eigenvalue weighted by molar-refractivity contribution is -0.856. The number of carbonyl (C=O) groups is 2. The molecule has 324 valence electrons. The molecule has 4 saturated carbocycles. The molecule has 3 N–H and O–H groups in total. The Morgan fingerprint density at radius 3 is 2.47 bits per heavy atom. The molecule has 4 aliphatic heterocycles. The van der Waals surface area contributed by atoms with E-state index in [0.29, 0.717) is 31.1 Å². The maximum Gasteiger partial charge on any atom is 0.163 e. The van der Waals surface area contributed by atoms with Gasteiger partial charge in [0.25, 0.3) is 0 Å². The third-order valence-electron chi connectivity index (χ3n) is 18.9. The number of quaternary nitrogens is 1. The van der Waals surface area contributed by atoms with Gasteiger partial charge in [0.2, 0.25) is 0 Å². The second-order valence-electron chi connectivity index (χ2n) is 22.8. The largest absolute Gasteiger partial charge is 0.392 e. The van der Waals surface area contributed by atoms with E-state index >= 15 is 4.79 Å². The Morgan fingerprint density at radius 1 is 0.983 bits per heavy atom. The van der Waals surface area contributed by atoms with E-state index < -0.39 is 23.0 Å². The predicted molar refractivity (Wildman–Crippen MR) is 232 cm³/mol. The molecule has 5 aliphatic carbocycles. The summed E-state index contributed by atoms with van der Waals surface area (Å²) in [6.45, 7) is 19.9. The summed E-state index contributed by atoms with van der Waals surface area (Å²) in [4.78, 5) is 35.3. The van der Waals surface area contributed by atoms with E-state index in [9.17, 15) is 15.0 Å². The van der Waals surface area contributed by atoms with Crippen LogP contribution in [0.4, 0.5) is 0 Å². The molecular weight excluding hydrogens is 749 g/mol. The molecule has 60 heavy (non-hydrogen) atoms. The normalized spacial score (nSPS) is 42.2. The zero-order valence-electron chi connectivity index (χ0n) is 37.6. The van der Waals surface area contributed by atoms with Crippen LogP contribution in [0.5, 0.6) is 0 Å². The second kappa shape index (κ2) is 14.1. The Kier molecular flexibility index (Phi) is 9.72. The van der Waals surface area contributed by atoms with E-state index in [1.165, 1.54) is 32.7 Å². The molecule has 1 spiro atoms. The smallest absolute Gasteiger partial charge is 0.163 e. The van der Waals surface area contributed by atoms with Crippen molar-refractivity contribution in [3.8, 4) is 0 Å². The van der Waals surface area contributed by atoms with Gasteiger partial charge in [-0.3, -0.25) is 19.5 Å². The van der Waals surface area contributed by atoms with Crippen LogP contribution in [-0.2, 0) is 25.5 Å². The predicted octanol–water partition coefficient (Wildman–Crippen LogP) is 7.20. The molecule has 1 aromatic rings. The summed E-state index contributed by atoms with van der Waals surface area (Å²) in [5, 5.41) is 25.1. The third kappa shape index (κ3) is 5.88. The number of allylic oxidation sites excluding steroid dienone is 1. The van der Waals surface area contributed by atoms with Crippen molar-refractivity contribution in [1.29, 1.82) is 0 Å². The molecule has 8 nitrogen and oxygen atoms in total. The number of rotatable bonds is 9. The minimum atomic E-state index is -0.665. The number of ether oxygens (including phenoxy) is 2. The fourth-order valence-corrected chi connectivity index (χ4v) is 16.3. The number of hydrogen-bond donors (Lipinski definition) is 3. The minimum Gasteiger partial charge on any atom is -0.392 e. The first-order valence-electron chi connectivity index (χ1n) is 23.8. The van der Waals surface area contributed by atoms with Crippen molar-refractivity contribution in [3.05, 3.63) is 70.1 Å². The highest BCUT2D eigenvalue weighted by Crippen LogP contribution is 2.78. The monoisotopic (exact) mass is 820 g/mol. The van der Waals surface area contributed by atoms with Gasteiger partial charge >= 0.3 is 0 Å². The van der Waals surface area contributed by atoms with Gasteiger partial charge in [0, 0.05) is 54.6 Å². The molecule has 9 aliphatic rings. The molecule has 2 unspecified atom stereocenters. The van der Waals surface area contributed by atoms with E-state index in [2.05, 4.69) is 72.0 Å². The quantitative estimate of drug-likeness (QED) is 0.228. The number of hydrogen-bond acceptors (Lipinski definition) is 7. The van der Waals surface area contributed by atoms with E-state index in [1.54, 1.807) is 0 Å². The topological polar surface area (TPSA) is 113 Å². The highest BCUT2D eigenvalue weighted by molar-refractivity contribution is 6.07. The van der Waals surface area contributed by atoms with Crippen LogP contribution >= 0.6 is 0 Å². The molecule has 0 bridgehead atoms. The van der Waals surface area contributed by atoms with Crippen LogP contribution in [0.15, 0.2) is 58.4 Å². The lowest BCUT2D eigenvalue weighted by atomic mass is 9.31. The van der Waals surface area contributed by atoms with Crippen molar-refractivity contribution < 1.29 is 34.2 Å². The summed E-state index contributed by atoms with van der Waals surface area (Å²) in [6, 6.07) is 7.16. The van der Waals surface area contributed by atoms with E-state index in [0.717, 1.165) is 82.3 Å². The first-order chi connectivity index (χ1) is 28.4. The van der Waals surface area contributed by atoms with Crippen LogP contribution in [0.2, 0.25) is 0 Å². The van der Waals surface area contributed by atoms with Gasteiger partial charge < -0.3 is 19.7 Å². The molecule has 0 radical (unpaired) electrons. The summed E-state index contributed by atoms with van der Waals surface area (Å²) in [5.74, 6) is 0.758. The number of carbonyl (C=O) groups excluding carboxylic acids is 2. The standard InChI is InChI=1S/C52H70N2O6/c1-29-22-31(25-33(23-29)32-14-20-59-21-15-32)26-34-27-54(37-13-19-53-43(34)37)28-35-42-41(30(2)24-38(55)47-49(5,6)60-47)45(58)36-10-9-16-52(51(36,42)8)18-11-39-48(3,4)40(56)12-17-50(39,7)46(52)44(35)57/h13,19,22-23,25,27,30,32,35-39,44,46-47,55,57H,9-12,14-18,20-21,24,26,28H2,1-8H3/p+1/t30-,35+,36+,37?,38-,39+,44-,46+,47+,50+,51+,52-/m1/s1. The van der Waals surface area contributed by atoms with Crippen LogP contribution in [0.3, 0.4) is 0 Å². The van der Waals surface area contributed by atoms with Crippen molar-refractivity contribution >= 4 is 17.3 Å². The summed E-state index contributed by atoms with van der Waals surface area (Å²) in [7, 11) is 0. The fourth-order valence-electron chi connectivity index (χ4n) is 16.3. The van der Waals surface area contributed by atoms with Crippen molar-refractivity contribution in [1.82, 2.24) is 0 Å². The number of epoxide rings is 1. The van der Waals surface area contributed by atoms with Crippen molar-refractivity contribution in [2.45, 2.75) is 162 Å². The molecule has 2 saturated heterocycles. The zero-order valence-corrected chi connectivity index (χ0v) is 37.6. The van der Waals surface area contributed by atoms with Crippen molar-refractivity contribution in [2.75, 3.05) is 19.8 Å². The molecule has 8 heteroatoms. The minimum absolute atomic E-state index is 0.0278. The lowest BCUT2D eigenvalue weighted by Gasteiger charge is -2.72. The van der Waals surface area contributed by atoms with Gasteiger partial charge in [-0.15, -0.1) is 0 Å². The molecule has 6 fully saturated rings. The average molecular weight is 820 g/mol. The van der Waals surface area contributed by atoms with Gasteiger partial charge in [-0.05, 0) is 135 Å². The number of fused-ring (bicyclic) bond motifs is 3. The molecule has 4 heterocycles. The number of nitrogens with zero attached hydrogens (tertiary/aromatic N) is 1. The summed E-state index contributed by atoms with van der Waals surface area (Å²) < 4.78 is 11.6. The number of benzene rings is 1. The highest BCUT2D eigenvalue weighted by Gasteiger charge is 2.76. The second-order valence-corrected chi connectivity index (χ2v) is 22.8.